The molecule has 0 spiro atoms. The van der Waals surface area contributed by atoms with Crippen molar-refractivity contribution in [2.75, 3.05) is 0 Å². The van der Waals surface area contributed by atoms with Crippen molar-refractivity contribution in [1.29, 1.82) is 0 Å². The van der Waals surface area contributed by atoms with Crippen LogP contribution in [-0.4, -0.2) is 25.0 Å². The zero-order valence-electron chi connectivity index (χ0n) is 22.5. The molecule has 0 saturated carbocycles. The number of hydrogen-bond donors (Lipinski definition) is 2. The van der Waals surface area contributed by atoms with Gasteiger partial charge in [0.25, 0.3) is 11.1 Å². The average Bonchev–Trinajstić information content (AvgIpc) is 2.77. The fourth-order valence-corrected chi connectivity index (χ4v) is 2.48. The van der Waals surface area contributed by atoms with Crippen molar-refractivity contribution in [1.82, 2.24) is 25.0 Å². The van der Waals surface area contributed by atoms with Gasteiger partial charge >= 0.3 is 11.5 Å². The van der Waals surface area contributed by atoms with Gasteiger partial charge in [-0.15, -0.1) is 9.78 Å². The topological polar surface area (TPSA) is 127 Å². The minimum absolute atomic E-state index is 0.0852. The molecule has 0 aliphatic carbocycles. The Labute approximate surface area is 179 Å². The molecule has 10 nitrogen and oxygen atoms in total. The molecule has 29 heavy (non-hydrogen) atoms. The first-order chi connectivity index (χ1) is 17.0. The average molecular weight is 423 g/mol. The van der Waals surface area contributed by atoms with Crippen LogP contribution in [0.1, 0.15) is 41.7 Å². The molecule has 3 aromatic rings. The van der Waals surface area contributed by atoms with E-state index >= 15 is 0 Å². The van der Waals surface area contributed by atoms with Crippen LogP contribution in [0.2, 0.25) is 5.02 Å². The Morgan fingerprint density at radius 1 is 1.34 bits per heavy atom. The fraction of sp³-hybridized carbons (Fsp3) is 0.222. The molecule has 2 aromatic heterocycles. The molecule has 0 saturated heterocycles. The summed E-state index contributed by atoms with van der Waals surface area (Å²) in [5.41, 5.74) is -4.52. The summed E-state index contributed by atoms with van der Waals surface area (Å²) in [7, 11) is 0. The highest BCUT2D eigenvalue weighted by atomic mass is 35.5. The standard InChI is InChI=1S/C18H15ClN6O4/c1-8(2)11-7-13(22-23-16(11)26)29-14-9(3)5-10(6-12(14)19)25-18(28)21-17(27)15(20-4)24-25/h5-8H,1-3H3,(H,23,26)(H,21,27,28)/i1D3,2D3,5D,6D. The Kier molecular flexibility index (Phi) is 3.19. The summed E-state index contributed by atoms with van der Waals surface area (Å²) in [5, 5.41) is 8.65. The monoisotopic (exact) mass is 422 g/mol. The highest BCUT2D eigenvalue weighted by Crippen LogP contribution is 2.34. The Morgan fingerprint density at radius 2 is 2.10 bits per heavy atom. The van der Waals surface area contributed by atoms with Crippen LogP contribution in [0, 0.1) is 13.5 Å². The second-order valence-electron chi connectivity index (χ2n) is 5.50. The molecule has 11 heteroatoms. The Morgan fingerprint density at radius 3 is 2.79 bits per heavy atom. The summed E-state index contributed by atoms with van der Waals surface area (Å²) in [6.07, 6.45) is 0. The minimum Gasteiger partial charge on any atom is -0.436 e. The van der Waals surface area contributed by atoms with Crippen LogP contribution >= 0.6 is 11.6 Å². The van der Waals surface area contributed by atoms with Crippen LogP contribution in [0.5, 0.6) is 11.6 Å². The smallest absolute Gasteiger partial charge is 0.365 e. The summed E-state index contributed by atoms with van der Waals surface area (Å²) >= 11 is 6.26. The largest absolute Gasteiger partial charge is 0.436 e. The lowest BCUT2D eigenvalue weighted by Crippen LogP contribution is -2.30. The van der Waals surface area contributed by atoms with Gasteiger partial charge in [0, 0.05) is 19.9 Å². The Hall–Kier alpha value is -3.71. The van der Waals surface area contributed by atoms with Gasteiger partial charge in [-0.25, -0.2) is 9.89 Å². The van der Waals surface area contributed by atoms with Crippen LogP contribution in [-0.2, 0) is 0 Å². The summed E-state index contributed by atoms with van der Waals surface area (Å²) in [5.74, 6) is -3.76. The molecule has 0 bridgehead atoms. The zero-order valence-corrected chi connectivity index (χ0v) is 15.2. The predicted octanol–water partition coefficient (Wildman–Crippen LogP) is 2.43. The van der Waals surface area contributed by atoms with Crippen molar-refractivity contribution in [3.8, 4) is 17.3 Å². The van der Waals surface area contributed by atoms with E-state index in [1.807, 2.05) is 10.1 Å². The summed E-state index contributed by atoms with van der Waals surface area (Å²) in [6.45, 7) is 2.12. The second kappa shape index (κ2) is 7.73. The van der Waals surface area contributed by atoms with E-state index in [4.69, 9.17) is 33.9 Å². The summed E-state index contributed by atoms with van der Waals surface area (Å²) in [4.78, 5) is 40.9. The van der Waals surface area contributed by atoms with Gasteiger partial charge in [0.05, 0.1) is 13.5 Å². The molecule has 0 atom stereocenters. The van der Waals surface area contributed by atoms with Gasteiger partial charge in [0.1, 0.15) is 0 Å². The van der Waals surface area contributed by atoms with Crippen molar-refractivity contribution >= 4 is 17.4 Å². The number of ether oxygens (including phenoxy) is 1. The van der Waals surface area contributed by atoms with Gasteiger partial charge in [-0.2, -0.15) is 0 Å². The number of hydrogen-bond acceptors (Lipinski definition) is 6. The molecular weight excluding hydrogens is 400 g/mol. The quantitative estimate of drug-likeness (QED) is 0.621. The van der Waals surface area contributed by atoms with Gasteiger partial charge in [-0.3, -0.25) is 14.6 Å². The van der Waals surface area contributed by atoms with E-state index in [0.29, 0.717) is 4.68 Å². The molecule has 1 aromatic carbocycles. The van der Waals surface area contributed by atoms with E-state index in [9.17, 15) is 14.4 Å². The minimum atomic E-state index is -3.09. The fourth-order valence-electron chi connectivity index (χ4n) is 2.21. The van der Waals surface area contributed by atoms with E-state index in [1.165, 1.54) is 6.92 Å². The number of H-pyrrole nitrogens is 2. The van der Waals surface area contributed by atoms with Gasteiger partial charge in [-0.05, 0) is 35.6 Å². The first-order valence-electron chi connectivity index (χ1n) is 11.7. The van der Waals surface area contributed by atoms with E-state index in [2.05, 4.69) is 15.0 Å². The van der Waals surface area contributed by atoms with Gasteiger partial charge in [-0.1, -0.05) is 31.9 Å². The number of nitrogens with zero attached hydrogens (tertiary/aromatic N) is 4. The summed E-state index contributed by atoms with van der Waals surface area (Å²) in [6, 6.07) is -0.387. The molecule has 0 unspecified atom stereocenters. The van der Waals surface area contributed by atoms with Crippen molar-refractivity contribution in [2.45, 2.75) is 26.5 Å². The number of benzene rings is 1. The third-order valence-electron chi connectivity index (χ3n) is 3.53. The molecule has 0 fully saturated rings. The zero-order chi connectivity index (χ0) is 28.0. The van der Waals surface area contributed by atoms with Gasteiger partial charge in [0.2, 0.25) is 5.88 Å². The van der Waals surface area contributed by atoms with Crippen LogP contribution in [0.25, 0.3) is 10.5 Å². The van der Waals surface area contributed by atoms with Crippen LogP contribution in [0.3, 0.4) is 0 Å². The van der Waals surface area contributed by atoms with Crippen LogP contribution in [0.4, 0.5) is 5.82 Å². The third kappa shape index (κ3) is 3.95. The first kappa shape index (κ1) is 12.0. The van der Waals surface area contributed by atoms with E-state index in [-0.39, 0.29) is 11.3 Å². The molecule has 0 radical (unpaired) electrons. The SMILES string of the molecule is [2H]c1c(C)c(Oc2cc(C(C([2H])([2H])[2H])C([2H])([2H])[2H])c(=O)[nH]n2)c(Cl)c([2H])c1-n1nc([N+]#[C-])c(=O)[nH]c1=O. The number of aromatic nitrogens is 5. The number of rotatable bonds is 4. The maximum absolute atomic E-state index is 12.3. The predicted molar refractivity (Wildman–Crippen MR) is 105 cm³/mol. The van der Waals surface area contributed by atoms with E-state index in [0.717, 1.165) is 6.07 Å². The third-order valence-corrected chi connectivity index (χ3v) is 3.79. The molecule has 2 N–H and O–H groups in total. The van der Waals surface area contributed by atoms with Crippen LogP contribution < -0.4 is 21.5 Å². The maximum atomic E-state index is 12.3. The number of halogens is 1. The number of aromatic amines is 2. The second-order valence-corrected chi connectivity index (χ2v) is 5.88. The molecule has 0 amide bonds. The lowest BCUT2D eigenvalue weighted by molar-refractivity contribution is 0.449. The Bertz CT molecular complexity index is 1580. The highest BCUT2D eigenvalue weighted by Gasteiger charge is 2.17. The van der Waals surface area contributed by atoms with Gasteiger partial charge < -0.3 is 9.58 Å². The van der Waals surface area contributed by atoms with Crippen molar-refractivity contribution < 1.29 is 15.7 Å². The van der Waals surface area contributed by atoms with Crippen LogP contribution in [0.15, 0.2) is 32.5 Å². The lowest BCUT2D eigenvalue weighted by atomic mass is 10.1. The van der Waals surface area contributed by atoms with Crippen molar-refractivity contribution in [3.63, 3.8) is 0 Å². The van der Waals surface area contributed by atoms with E-state index in [1.54, 1.807) is 0 Å². The molecule has 2 heterocycles. The molecule has 0 aliphatic rings. The number of nitrogens with one attached hydrogen (secondary N) is 2. The summed E-state index contributed by atoms with van der Waals surface area (Å²) < 4.78 is 68.2. The van der Waals surface area contributed by atoms with E-state index < -0.39 is 76.5 Å². The van der Waals surface area contributed by atoms with Crippen molar-refractivity contribution in [3.05, 3.63) is 76.9 Å². The molecular formula is C18H15ClN6O4. The first-order valence-corrected chi connectivity index (χ1v) is 8.05. The normalized spacial score (nSPS) is 15.7. The molecule has 3 rings (SSSR count). The van der Waals surface area contributed by atoms with Gasteiger partial charge in [0.15, 0.2) is 5.75 Å². The highest BCUT2D eigenvalue weighted by molar-refractivity contribution is 6.32. The molecule has 148 valence electrons. The van der Waals surface area contributed by atoms with Crippen molar-refractivity contribution in [2.24, 2.45) is 0 Å². The molecule has 0 aliphatic heterocycles. The lowest BCUT2D eigenvalue weighted by Gasteiger charge is -2.12. The Balaban J connectivity index is 2.19. The maximum Gasteiger partial charge on any atom is 0.365 e.